The molecule has 2 aliphatic rings. The Bertz CT molecular complexity index is 2030. The van der Waals surface area contributed by atoms with Gasteiger partial charge in [0.25, 0.3) is 17.5 Å². The maximum absolute atomic E-state index is 16.4. The highest BCUT2D eigenvalue weighted by Gasteiger charge is 2.67. The second-order valence-corrected chi connectivity index (χ2v) is 17.9. The second-order valence-electron chi connectivity index (χ2n) is 14.1. The van der Waals surface area contributed by atoms with E-state index in [0.29, 0.717) is 28.2 Å². The van der Waals surface area contributed by atoms with Gasteiger partial charge in [0.05, 0.1) is 36.3 Å². The van der Waals surface area contributed by atoms with Gasteiger partial charge in [0.15, 0.2) is 5.60 Å². The summed E-state index contributed by atoms with van der Waals surface area (Å²) < 4.78 is 23.1. The fourth-order valence-electron chi connectivity index (χ4n) is 7.79. The number of aliphatic hydroxyl groups is 1. The van der Waals surface area contributed by atoms with Gasteiger partial charge in [0.2, 0.25) is 14.3 Å². The second kappa shape index (κ2) is 14.9. The standard InChI is InChI=1S/C39H42FN5O7Si/c1-25-36(53(2,3)40)34(22-35(47)43(18-19-46)23-26-8-5-4-6-9-26)52-39(25)32-21-31(45(50)51)16-17-33(32)44(38(39)49)24-27-10-7-11-30(20-27)42-37(48)28-12-14-29(41)15-13-28/h4-17,20-21,25,34,36,46H,18-19,22-24,41H2,1-3H3,(H,42,48)/t25-,34+,36-,39+/m0/s1. The van der Waals surface area contributed by atoms with E-state index < -0.39 is 42.4 Å². The Morgan fingerprint density at radius 3 is 2.40 bits per heavy atom. The number of ether oxygens (including phenoxy) is 1. The highest BCUT2D eigenvalue weighted by Crippen LogP contribution is 2.60. The quantitative estimate of drug-likeness (QED) is 0.0510. The van der Waals surface area contributed by atoms with Crippen LogP contribution in [-0.2, 0) is 33.0 Å². The lowest BCUT2D eigenvalue weighted by Crippen LogP contribution is -2.45. The van der Waals surface area contributed by atoms with Crippen LogP contribution in [-0.4, -0.2) is 60.3 Å². The van der Waals surface area contributed by atoms with E-state index in [0.717, 1.165) is 5.56 Å². The fourth-order valence-corrected chi connectivity index (χ4v) is 10.3. The number of anilines is 3. The Morgan fingerprint density at radius 2 is 1.74 bits per heavy atom. The largest absolute Gasteiger partial charge is 0.399 e. The van der Waals surface area contributed by atoms with Gasteiger partial charge in [-0.1, -0.05) is 49.4 Å². The number of benzene rings is 4. The molecule has 2 aliphatic heterocycles. The molecule has 0 aromatic heterocycles. The van der Waals surface area contributed by atoms with Crippen LogP contribution in [0, 0.1) is 16.0 Å². The normalized spacial score (nSPS) is 20.7. The predicted octanol–water partition coefficient (Wildman–Crippen LogP) is 6.16. The number of amides is 3. The summed E-state index contributed by atoms with van der Waals surface area (Å²) in [6, 6.07) is 26.8. The number of halogens is 1. The number of nitrogen functional groups attached to an aromatic ring is 1. The van der Waals surface area contributed by atoms with Crippen molar-refractivity contribution in [1.82, 2.24) is 4.90 Å². The van der Waals surface area contributed by atoms with Gasteiger partial charge in [-0.2, -0.15) is 0 Å². The van der Waals surface area contributed by atoms with Crippen molar-refractivity contribution in [2.24, 2.45) is 5.92 Å². The fraction of sp³-hybridized carbons (Fsp3) is 0.308. The molecule has 0 aliphatic carbocycles. The summed E-state index contributed by atoms with van der Waals surface area (Å²) in [5.74, 6) is -2.04. The van der Waals surface area contributed by atoms with E-state index in [9.17, 15) is 29.6 Å². The third-order valence-corrected chi connectivity index (χ3v) is 12.6. The molecule has 1 spiro atoms. The van der Waals surface area contributed by atoms with Gasteiger partial charge in [0.1, 0.15) is 0 Å². The van der Waals surface area contributed by atoms with Crippen molar-refractivity contribution >= 4 is 48.9 Å². The van der Waals surface area contributed by atoms with Crippen molar-refractivity contribution in [2.75, 3.05) is 29.1 Å². The van der Waals surface area contributed by atoms with E-state index >= 15 is 4.11 Å². The van der Waals surface area contributed by atoms with Gasteiger partial charge >= 0.3 is 0 Å². The number of hydrogen-bond acceptors (Lipinski definition) is 8. The smallest absolute Gasteiger partial charge is 0.269 e. The molecule has 4 aromatic rings. The number of nitrogens with zero attached hydrogens (tertiary/aromatic N) is 3. The molecule has 1 fully saturated rings. The van der Waals surface area contributed by atoms with Crippen molar-refractivity contribution in [2.45, 2.75) is 56.8 Å². The summed E-state index contributed by atoms with van der Waals surface area (Å²) in [5, 5.41) is 24.7. The van der Waals surface area contributed by atoms with Crippen molar-refractivity contribution in [3.63, 3.8) is 0 Å². The van der Waals surface area contributed by atoms with Crippen LogP contribution >= 0.6 is 0 Å². The first-order valence-electron chi connectivity index (χ1n) is 17.4. The first-order chi connectivity index (χ1) is 25.2. The minimum absolute atomic E-state index is 0.0130. The number of aliphatic hydroxyl groups excluding tert-OH is 1. The average Bonchev–Trinajstić information content (AvgIpc) is 3.54. The van der Waals surface area contributed by atoms with Crippen LogP contribution in [0.3, 0.4) is 0 Å². The lowest BCUT2D eigenvalue weighted by molar-refractivity contribution is -0.385. The molecule has 1 saturated heterocycles. The summed E-state index contributed by atoms with van der Waals surface area (Å²) in [7, 11) is -3.67. The van der Waals surface area contributed by atoms with Crippen LogP contribution in [0.5, 0.6) is 0 Å². The third kappa shape index (κ3) is 7.43. The molecule has 276 valence electrons. The Balaban J connectivity index is 1.33. The Hall–Kier alpha value is -5.44. The van der Waals surface area contributed by atoms with Crippen molar-refractivity contribution in [3.05, 3.63) is 129 Å². The summed E-state index contributed by atoms with van der Waals surface area (Å²) >= 11 is 0. The summed E-state index contributed by atoms with van der Waals surface area (Å²) in [6.07, 6.45) is -1.28. The summed E-state index contributed by atoms with van der Waals surface area (Å²) in [4.78, 5) is 56.1. The molecule has 14 heteroatoms. The van der Waals surface area contributed by atoms with E-state index in [-0.39, 0.29) is 55.7 Å². The molecule has 0 bridgehead atoms. The van der Waals surface area contributed by atoms with Gasteiger partial charge in [-0.05, 0) is 66.7 Å². The van der Waals surface area contributed by atoms with Crippen LogP contribution in [0.15, 0.2) is 97.1 Å². The maximum atomic E-state index is 16.4. The van der Waals surface area contributed by atoms with E-state index in [2.05, 4.69) is 5.32 Å². The van der Waals surface area contributed by atoms with Crippen molar-refractivity contribution < 1.29 is 33.3 Å². The number of hydrogen-bond donors (Lipinski definition) is 3. The predicted molar refractivity (Wildman–Crippen MR) is 201 cm³/mol. The Labute approximate surface area is 307 Å². The number of carbonyl (C=O) groups is 3. The van der Waals surface area contributed by atoms with E-state index in [4.69, 9.17) is 10.5 Å². The summed E-state index contributed by atoms with van der Waals surface area (Å²) in [6.45, 7) is 4.74. The minimum atomic E-state index is -3.67. The van der Waals surface area contributed by atoms with Crippen LogP contribution in [0.1, 0.15) is 40.4 Å². The maximum Gasteiger partial charge on any atom is 0.269 e. The molecule has 0 saturated carbocycles. The highest BCUT2D eigenvalue weighted by molar-refractivity contribution is 6.72. The van der Waals surface area contributed by atoms with Gasteiger partial charge in [-0.25, -0.2) is 0 Å². The number of rotatable bonds is 12. The van der Waals surface area contributed by atoms with Crippen LogP contribution in [0.2, 0.25) is 18.6 Å². The Kier molecular flexibility index (Phi) is 10.5. The summed E-state index contributed by atoms with van der Waals surface area (Å²) in [5.41, 5.74) is 6.37. The SMILES string of the molecule is C[C@H]1[C@H]([Si](C)(C)F)[C@@H](CC(=O)N(CCO)Cc2ccccc2)O[C@]12C(=O)N(Cc1cccc(NC(=O)c3ccc(N)cc3)c1)c1ccc([N+](=O)[O-])cc12. The number of nitrogens with one attached hydrogen (secondary N) is 1. The molecule has 2 heterocycles. The number of nitro groups is 1. The molecule has 4 N–H and O–H groups in total. The molecular weight excluding hydrogens is 698 g/mol. The number of nitrogens with two attached hydrogens (primary N) is 1. The zero-order valence-corrected chi connectivity index (χ0v) is 30.7. The number of fused-ring (bicyclic) bond motifs is 2. The van der Waals surface area contributed by atoms with Crippen molar-refractivity contribution in [3.8, 4) is 0 Å². The molecule has 0 radical (unpaired) electrons. The Morgan fingerprint density at radius 1 is 1.04 bits per heavy atom. The number of carbonyl (C=O) groups excluding carboxylic acids is 3. The van der Waals surface area contributed by atoms with Gasteiger partial charge in [-0.3, -0.25) is 24.5 Å². The number of nitro benzene ring substituents is 1. The molecule has 0 unspecified atom stereocenters. The number of non-ortho nitro benzene ring substituents is 1. The van der Waals surface area contributed by atoms with Gasteiger partial charge < -0.3 is 34.8 Å². The molecule has 53 heavy (non-hydrogen) atoms. The highest BCUT2D eigenvalue weighted by atomic mass is 28.4. The zero-order valence-electron chi connectivity index (χ0n) is 29.7. The van der Waals surface area contributed by atoms with Crippen LogP contribution in [0.4, 0.5) is 26.9 Å². The van der Waals surface area contributed by atoms with Crippen LogP contribution < -0.4 is 16.0 Å². The monoisotopic (exact) mass is 739 g/mol. The van der Waals surface area contributed by atoms with E-state index in [1.54, 1.807) is 55.5 Å². The lowest BCUT2D eigenvalue weighted by Gasteiger charge is -2.31. The first-order valence-corrected chi connectivity index (χ1v) is 20.3. The van der Waals surface area contributed by atoms with E-state index in [1.165, 1.54) is 41.1 Å². The molecule has 4 atom stereocenters. The lowest BCUT2D eigenvalue weighted by atomic mass is 9.82. The zero-order chi connectivity index (χ0) is 38.1. The third-order valence-electron chi connectivity index (χ3n) is 10.2. The van der Waals surface area contributed by atoms with Crippen molar-refractivity contribution in [1.29, 1.82) is 0 Å². The molecular formula is C39H42FN5O7Si. The van der Waals surface area contributed by atoms with Crippen LogP contribution in [0.25, 0.3) is 0 Å². The molecule has 4 aromatic carbocycles. The average molecular weight is 740 g/mol. The molecule has 3 amide bonds. The minimum Gasteiger partial charge on any atom is -0.399 e. The van der Waals surface area contributed by atoms with Gasteiger partial charge in [0, 0.05) is 59.2 Å². The van der Waals surface area contributed by atoms with E-state index in [1.807, 2.05) is 30.3 Å². The first kappa shape index (κ1) is 37.3. The molecule has 6 rings (SSSR count). The molecule has 12 nitrogen and oxygen atoms in total. The topological polar surface area (TPSA) is 168 Å². The van der Waals surface area contributed by atoms with Gasteiger partial charge in [-0.15, -0.1) is 0 Å².